The van der Waals surface area contributed by atoms with Crippen LogP contribution in [0, 0.1) is 0 Å². The highest BCUT2D eigenvalue weighted by atomic mass is 16.3. The van der Waals surface area contributed by atoms with E-state index in [1.165, 1.54) is 0 Å². The lowest BCUT2D eigenvalue weighted by molar-refractivity contribution is -0.128. The van der Waals surface area contributed by atoms with Crippen molar-refractivity contribution < 1.29 is 15.0 Å². The van der Waals surface area contributed by atoms with Crippen molar-refractivity contribution in [1.29, 1.82) is 0 Å². The van der Waals surface area contributed by atoms with Crippen LogP contribution < -0.4 is 10.6 Å². The van der Waals surface area contributed by atoms with Crippen LogP contribution in [0.25, 0.3) is 0 Å². The van der Waals surface area contributed by atoms with E-state index in [1.54, 1.807) is 0 Å². The molecule has 5 nitrogen and oxygen atoms in total. The largest absolute Gasteiger partial charge is 0.394 e. The van der Waals surface area contributed by atoms with E-state index in [0.717, 1.165) is 25.8 Å². The maximum Gasteiger partial charge on any atom is 0.240 e. The molecule has 15 heavy (non-hydrogen) atoms. The average Bonchev–Trinajstić information content (AvgIpc) is 2.26. The minimum Gasteiger partial charge on any atom is -0.394 e. The molecule has 0 aromatic heterocycles. The van der Waals surface area contributed by atoms with Crippen LogP contribution in [0.2, 0.25) is 0 Å². The van der Waals surface area contributed by atoms with E-state index in [-0.39, 0.29) is 19.1 Å². The van der Waals surface area contributed by atoms with Gasteiger partial charge < -0.3 is 20.8 Å². The summed E-state index contributed by atoms with van der Waals surface area (Å²) in [5, 5.41) is 23.5. The summed E-state index contributed by atoms with van der Waals surface area (Å²) in [7, 11) is 0. The zero-order valence-corrected chi connectivity index (χ0v) is 9.12. The Balaban J connectivity index is 2.37. The summed E-state index contributed by atoms with van der Waals surface area (Å²) in [6.45, 7) is 2.50. The summed E-state index contributed by atoms with van der Waals surface area (Å²) in [6.07, 6.45) is 2.08. The van der Waals surface area contributed by atoms with Crippen LogP contribution in [-0.2, 0) is 4.79 Å². The third-order valence-electron chi connectivity index (χ3n) is 2.83. The highest BCUT2D eigenvalue weighted by Gasteiger charge is 2.33. The maximum atomic E-state index is 11.8. The zero-order valence-electron chi connectivity index (χ0n) is 9.12. The molecule has 1 saturated heterocycles. The van der Waals surface area contributed by atoms with Crippen LogP contribution in [0.1, 0.15) is 26.2 Å². The van der Waals surface area contributed by atoms with Crippen molar-refractivity contribution in [2.45, 2.75) is 37.8 Å². The lowest BCUT2D eigenvalue weighted by Crippen LogP contribution is -2.57. The summed E-state index contributed by atoms with van der Waals surface area (Å²) in [6, 6.07) is 0. The standard InChI is InChI=1S/C10H20N2O3/c1-10(4-2-3-5-12-10)9(15)11-6-8(14)7-13/h8,12-14H,2-7H2,1H3,(H,11,15). The SMILES string of the molecule is CC1(C(=O)NCC(O)CO)CCCCN1. The molecular formula is C10H20N2O3. The van der Waals surface area contributed by atoms with Gasteiger partial charge in [0.2, 0.25) is 5.91 Å². The van der Waals surface area contributed by atoms with Gasteiger partial charge in [0.1, 0.15) is 0 Å². The third kappa shape index (κ3) is 3.44. The minimum absolute atomic E-state index is 0.102. The normalized spacial score (nSPS) is 28.5. The molecule has 1 amide bonds. The molecule has 2 atom stereocenters. The number of aliphatic hydroxyl groups is 2. The first-order valence-corrected chi connectivity index (χ1v) is 5.41. The van der Waals surface area contributed by atoms with Gasteiger partial charge in [0.25, 0.3) is 0 Å². The van der Waals surface area contributed by atoms with Gasteiger partial charge in [0, 0.05) is 6.54 Å². The Bertz CT molecular complexity index is 215. The molecule has 5 heteroatoms. The molecule has 1 heterocycles. The van der Waals surface area contributed by atoms with Crippen molar-refractivity contribution in [3.8, 4) is 0 Å². The van der Waals surface area contributed by atoms with Crippen LogP contribution in [0.5, 0.6) is 0 Å². The summed E-state index contributed by atoms with van der Waals surface area (Å²) in [5.74, 6) is -0.102. The number of aliphatic hydroxyl groups excluding tert-OH is 2. The first-order valence-electron chi connectivity index (χ1n) is 5.41. The molecule has 1 fully saturated rings. The van der Waals surface area contributed by atoms with E-state index in [1.807, 2.05) is 6.92 Å². The number of nitrogens with one attached hydrogen (secondary N) is 2. The fourth-order valence-electron chi connectivity index (χ4n) is 1.72. The lowest BCUT2D eigenvalue weighted by Gasteiger charge is -2.33. The van der Waals surface area contributed by atoms with Crippen molar-refractivity contribution in [2.24, 2.45) is 0 Å². The quantitative estimate of drug-likeness (QED) is 0.485. The Morgan fingerprint density at radius 3 is 2.87 bits per heavy atom. The molecule has 4 N–H and O–H groups in total. The second-order valence-corrected chi connectivity index (χ2v) is 4.26. The first kappa shape index (κ1) is 12.4. The summed E-state index contributed by atoms with van der Waals surface area (Å²) in [5.41, 5.74) is -0.520. The zero-order chi connectivity index (χ0) is 11.3. The highest BCUT2D eigenvalue weighted by Crippen LogP contribution is 2.18. The van der Waals surface area contributed by atoms with Crippen molar-refractivity contribution >= 4 is 5.91 Å². The number of hydrogen-bond donors (Lipinski definition) is 4. The summed E-state index contributed by atoms with van der Waals surface area (Å²) in [4.78, 5) is 11.8. The topological polar surface area (TPSA) is 81.6 Å². The van der Waals surface area contributed by atoms with Crippen molar-refractivity contribution in [2.75, 3.05) is 19.7 Å². The lowest BCUT2D eigenvalue weighted by atomic mass is 9.90. The van der Waals surface area contributed by atoms with Gasteiger partial charge in [-0.05, 0) is 32.7 Å². The van der Waals surface area contributed by atoms with E-state index in [0.29, 0.717) is 0 Å². The van der Waals surface area contributed by atoms with Crippen LogP contribution >= 0.6 is 0 Å². The predicted molar refractivity (Wildman–Crippen MR) is 56.4 cm³/mol. The molecule has 0 bridgehead atoms. The van der Waals surface area contributed by atoms with Gasteiger partial charge in [-0.3, -0.25) is 4.79 Å². The molecule has 1 rings (SSSR count). The number of carbonyl (C=O) groups excluding carboxylic acids is 1. The molecule has 0 aliphatic carbocycles. The van der Waals surface area contributed by atoms with E-state index in [2.05, 4.69) is 10.6 Å². The van der Waals surface area contributed by atoms with Gasteiger partial charge in [-0.25, -0.2) is 0 Å². The van der Waals surface area contributed by atoms with Gasteiger partial charge in [0.15, 0.2) is 0 Å². The number of carbonyl (C=O) groups is 1. The molecule has 1 aliphatic rings. The molecule has 0 aromatic rings. The van der Waals surface area contributed by atoms with Gasteiger partial charge >= 0.3 is 0 Å². The Hall–Kier alpha value is -0.650. The second kappa shape index (κ2) is 5.44. The van der Waals surface area contributed by atoms with Crippen LogP contribution in [0.3, 0.4) is 0 Å². The second-order valence-electron chi connectivity index (χ2n) is 4.26. The molecule has 0 saturated carbocycles. The fraction of sp³-hybridized carbons (Fsp3) is 0.900. The fourth-order valence-corrected chi connectivity index (χ4v) is 1.72. The molecule has 1 aliphatic heterocycles. The smallest absolute Gasteiger partial charge is 0.240 e. The number of rotatable bonds is 4. The van der Waals surface area contributed by atoms with Crippen molar-refractivity contribution in [1.82, 2.24) is 10.6 Å². The van der Waals surface area contributed by atoms with E-state index < -0.39 is 11.6 Å². The van der Waals surface area contributed by atoms with Gasteiger partial charge in [0.05, 0.1) is 18.2 Å². The van der Waals surface area contributed by atoms with Crippen molar-refractivity contribution in [3.63, 3.8) is 0 Å². The van der Waals surface area contributed by atoms with E-state index in [9.17, 15) is 4.79 Å². The van der Waals surface area contributed by atoms with Crippen LogP contribution in [0.15, 0.2) is 0 Å². The number of piperidine rings is 1. The van der Waals surface area contributed by atoms with Gasteiger partial charge in [-0.1, -0.05) is 0 Å². The van der Waals surface area contributed by atoms with Crippen molar-refractivity contribution in [3.05, 3.63) is 0 Å². The molecular weight excluding hydrogens is 196 g/mol. The monoisotopic (exact) mass is 216 g/mol. The van der Waals surface area contributed by atoms with E-state index >= 15 is 0 Å². The molecule has 0 aromatic carbocycles. The maximum absolute atomic E-state index is 11.8. The number of hydrogen-bond acceptors (Lipinski definition) is 4. The van der Waals surface area contributed by atoms with Gasteiger partial charge in [-0.2, -0.15) is 0 Å². The predicted octanol–water partition coefficient (Wildman–Crippen LogP) is -1.01. The van der Waals surface area contributed by atoms with E-state index in [4.69, 9.17) is 10.2 Å². The first-order chi connectivity index (χ1) is 7.08. The van der Waals surface area contributed by atoms with Gasteiger partial charge in [-0.15, -0.1) is 0 Å². The Morgan fingerprint density at radius 2 is 2.33 bits per heavy atom. The third-order valence-corrected chi connectivity index (χ3v) is 2.83. The summed E-state index contributed by atoms with van der Waals surface area (Å²) < 4.78 is 0. The Labute approximate surface area is 89.9 Å². The average molecular weight is 216 g/mol. The Kier molecular flexibility index (Phi) is 4.50. The molecule has 2 unspecified atom stereocenters. The summed E-state index contributed by atoms with van der Waals surface area (Å²) >= 11 is 0. The number of amides is 1. The van der Waals surface area contributed by atoms with Crippen LogP contribution in [0.4, 0.5) is 0 Å². The Morgan fingerprint density at radius 1 is 1.60 bits per heavy atom. The minimum atomic E-state index is -0.874. The molecule has 88 valence electrons. The molecule has 0 spiro atoms. The van der Waals surface area contributed by atoms with Crippen LogP contribution in [-0.4, -0.2) is 47.5 Å². The highest BCUT2D eigenvalue weighted by molar-refractivity contribution is 5.85. The molecule has 0 radical (unpaired) electrons.